The maximum absolute atomic E-state index is 12.6. The smallest absolute Gasteiger partial charge is 0.251 e. The quantitative estimate of drug-likeness (QED) is 0.824. The molecule has 88 valence electrons. The molecule has 1 atom stereocenters. The van der Waals surface area contributed by atoms with Crippen LogP contribution in [0.15, 0.2) is 24.3 Å². The lowest BCUT2D eigenvalue weighted by atomic mass is 10.2. The first kappa shape index (κ1) is 12.9. The van der Waals surface area contributed by atoms with Gasteiger partial charge in [-0.15, -0.1) is 12.4 Å². The molecule has 1 fully saturated rings. The number of carbonyl (C=O) groups is 1. The summed E-state index contributed by atoms with van der Waals surface area (Å²) >= 11 is 0. The number of rotatable bonds is 2. The summed E-state index contributed by atoms with van der Waals surface area (Å²) in [5.74, 6) is -0.460. The van der Waals surface area contributed by atoms with Crippen molar-refractivity contribution in [1.82, 2.24) is 10.6 Å². The van der Waals surface area contributed by atoms with Crippen molar-refractivity contribution in [2.45, 2.75) is 12.5 Å². The second-order valence-corrected chi connectivity index (χ2v) is 3.67. The Morgan fingerprint density at radius 3 is 2.62 bits per heavy atom. The third kappa shape index (κ3) is 3.18. The van der Waals surface area contributed by atoms with Gasteiger partial charge in [0.25, 0.3) is 5.91 Å². The Morgan fingerprint density at radius 2 is 2.06 bits per heavy atom. The van der Waals surface area contributed by atoms with Gasteiger partial charge in [0.05, 0.1) is 0 Å². The number of benzene rings is 1. The molecule has 1 aliphatic rings. The largest absolute Gasteiger partial charge is 0.348 e. The van der Waals surface area contributed by atoms with Crippen LogP contribution >= 0.6 is 12.4 Å². The van der Waals surface area contributed by atoms with Crippen molar-refractivity contribution in [1.29, 1.82) is 0 Å². The van der Waals surface area contributed by atoms with Gasteiger partial charge in [-0.2, -0.15) is 0 Å². The predicted octanol–water partition coefficient (Wildman–Crippen LogP) is 1.34. The lowest BCUT2D eigenvalue weighted by Crippen LogP contribution is -2.36. The van der Waals surface area contributed by atoms with Crippen LogP contribution in [0.25, 0.3) is 0 Å². The summed E-state index contributed by atoms with van der Waals surface area (Å²) in [4.78, 5) is 11.7. The Bertz CT molecular complexity index is 350. The minimum Gasteiger partial charge on any atom is -0.348 e. The molecule has 1 amide bonds. The Hall–Kier alpha value is -1.13. The van der Waals surface area contributed by atoms with Crippen LogP contribution in [0, 0.1) is 5.82 Å². The Kier molecular flexibility index (Phi) is 4.71. The minimum atomic E-state index is -0.325. The fourth-order valence-electron chi connectivity index (χ4n) is 1.65. The van der Waals surface area contributed by atoms with Gasteiger partial charge in [-0.3, -0.25) is 4.79 Å². The molecule has 2 rings (SSSR count). The zero-order valence-electron chi connectivity index (χ0n) is 8.70. The molecule has 2 N–H and O–H groups in total. The summed E-state index contributed by atoms with van der Waals surface area (Å²) in [6, 6.07) is 5.77. The zero-order chi connectivity index (χ0) is 10.7. The molecule has 1 unspecified atom stereocenters. The van der Waals surface area contributed by atoms with E-state index in [1.807, 2.05) is 0 Å². The summed E-state index contributed by atoms with van der Waals surface area (Å²) in [7, 11) is 0. The van der Waals surface area contributed by atoms with Crippen LogP contribution in [-0.4, -0.2) is 25.0 Å². The lowest BCUT2D eigenvalue weighted by Gasteiger charge is -2.10. The average molecular weight is 245 g/mol. The van der Waals surface area contributed by atoms with Gasteiger partial charge in [0.1, 0.15) is 5.82 Å². The lowest BCUT2D eigenvalue weighted by molar-refractivity contribution is 0.0940. The molecule has 1 saturated heterocycles. The molecular weight excluding hydrogens is 231 g/mol. The van der Waals surface area contributed by atoms with Crippen molar-refractivity contribution in [2.24, 2.45) is 0 Å². The Labute approximate surface area is 99.8 Å². The molecule has 0 spiro atoms. The van der Waals surface area contributed by atoms with Crippen LogP contribution in [0.1, 0.15) is 16.8 Å². The van der Waals surface area contributed by atoms with Crippen molar-refractivity contribution in [3.8, 4) is 0 Å². The van der Waals surface area contributed by atoms with Crippen LogP contribution in [0.3, 0.4) is 0 Å². The molecule has 0 saturated carbocycles. The summed E-state index contributed by atoms with van der Waals surface area (Å²) in [5.41, 5.74) is 0.503. The van der Waals surface area contributed by atoms with Crippen LogP contribution in [-0.2, 0) is 0 Å². The van der Waals surface area contributed by atoms with Crippen LogP contribution < -0.4 is 10.6 Å². The number of halogens is 2. The van der Waals surface area contributed by atoms with E-state index >= 15 is 0 Å². The monoisotopic (exact) mass is 244 g/mol. The fraction of sp³-hybridized carbons (Fsp3) is 0.364. The standard InChI is InChI=1S/C11H13FN2O.ClH/c12-9-3-1-8(2-4-9)11(15)14-10-5-6-13-7-10;/h1-4,10,13H,5-7H2,(H,14,15);1H. The van der Waals surface area contributed by atoms with E-state index in [2.05, 4.69) is 10.6 Å². The number of hydrogen-bond acceptors (Lipinski definition) is 2. The molecule has 3 nitrogen and oxygen atoms in total. The maximum Gasteiger partial charge on any atom is 0.251 e. The van der Waals surface area contributed by atoms with E-state index in [1.165, 1.54) is 24.3 Å². The highest BCUT2D eigenvalue weighted by atomic mass is 35.5. The summed E-state index contributed by atoms with van der Waals surface area (Å²) < 4.78 is 12.6. The molecule has 0 aliphatic carbocycles. The van der Waals surface area contributed by atoms with Gasteiger partial charge in [0, 0.05) is 18.2 Å². The molecular formula is C11H14ClFN2O. The highest BCUT2D eigenvalue weighted by Gasteiger charge is 2.17. The first-order valence-electron chi connectivity index (χ1n) is 5.03. The number of amides is 1. The van der Waals surface area contributed by atoms with E-state index in [9.17, 15) is 9.18 Å². The van der Waals surface area contributed by atoms with Gasteiger partial charge in [-0.1, -0.05) is 0 Å². The third-order valence-electron chi connectivity index (χ3n) is 2.50. The number of hydrogen-bond donors (Lipinski definition) is 2. The van der Waals surface area contributed by atoms with Crippen LogP contribution in [0.4, 0.5) is 4.39 Å². The highest BCUT2D eigenvalue weighted by molar-refractivity contribution is 5.94. The van der Waals surface area contributed by atoms with Crippen molar-refractivity contribution >= 4 is 18.3 Å². The van der Waals surface area contributed by atoms with Gasteiger partial charge in [0.15, 0.2) is 0 Å². The van der Waals surface area contributed by atoms with Gasteiger partial charge in [-0.25, -0.2) is 4.39 Å². The van der Waals surface area contributed by atoms with Gasteiger partial charge >= 0.3 is 0 Å². The molecule has 1 aliphatic heterocycles. The second-order valence-electron chi connectivity index (χ2n) is 3.67. The fourth-order valence-corrected chi connectivity index (χ4v) is 1.65. The van der Waals surface area contributed by atoms with E-state index in [1.54, 1.807) is 0 Å². The molecule has 0 radical (unpaired) electrons. The normalized spacial score (nSPS) is 18.9. The van der Waals surface area contributed by atoms with Gasteiger partial charge < -0.3 is 10.6 Å². The second kappa shape index (κ2) is 5.82. The van der Waals surface area contributed by atoms with Crippen molar-refractivity contribution in [3.05, 3.63) is 35.6 Å². The molecule has 0 aromatic heterocycles. The van der Waals surface area contributed by atoms with E-state index in [0.717, 1.165) is 19.5 Å². The van der Waals surface area contributed by atoms with E-state index in [4.69, 9.17) is 0 Å². The summed E-state index contributed by atoms with van der Waals surface area (Å²) in [6.45, 7) is 1.75. The van der Waals surface area contributed by atoms with Crippen LogP contribution in [0.5, 0.6) is 0 Å². The topological polar surface area (TPSA) is 41.1 Å². The first-order valence-corrected chi connectivity index (χ1v) is 5.03. The molecule has 5 heteroatoms. The molecule has 1 heterocycles. The van der Waals surface area contributed by atoms with Crippen molar-refractivity contribution in [2.75, 3.05) is 13.1 Å². The van der Waals surface area contributed by atoms with Gasteiger partial charge in [0.2, 0.25) is 0 Å². The molecule has 0 bridgehead atoms. The summed E-state index contributed by atoms with van der Waals surface area (Å²) in [6.07, 6.45) is 0.951. The zero-order valence-corrected chi connectivity index (χ0v) is 9.52. The maximum atomic E-state index is 12.6. The SMILES string of the molecule is Cl.O=C(NC1CCNC1)c1ccc(F)cc1. The third-order valence-corrected chi connectivity index (χ3v) is 2.50. The average Bonchev–Trinajstić information content (AvgIpc) is 2.71. The predicted molar refractivity (Wildman–Crippen MR) is 62.4 cm³/mol. The molecule has 1 aromatic carbocycles. The van der Waals surface area contributed by atoms with E-state index in [-0.39, 0.29) is 30.2 Å². The number of carbonyl (C=O) groups excluding carboxylic acids is 1. The Balaban J connectivity index is 0.00000128. The van der Waals surface area contributed by atoms with Crippen LogP contribution in [0.2, 0.25) is 0 Å². The van der Waals surface area contributed by atoms with E-state index < -0.39 is 0 Å². The van der Waals surface area contributed by atoms with Gasteiger partial charge in [-0.05, 0) is 37.2 Å². The number of nitrogens with one attached hydrogen (secondary N) is 2. The molecule has 1 aromatic rings. The van der Waals surface area contributed by atoms with Crippen molar-refractivity contribution < 1.29 is 9.18 Å². The minimum absolute atomic E-state index is 0. The summed E-state index contributed by atoms with van der Waals surface area (Å²) in [5, 5.41) is 6.05. The Morgan fingerprint density at radius 1 is 1.38 bits per heavy atom. The highest BCUT2D eigenvalue weighted by Crippen LogP contribution is 2.04. The molecule has 16 heavy (non-hydrogen) atoms. The van der Waals surface area contributed by atoms with E-state index in [0.29, 0.717) is 5.56 Å². The first-order chi connectivity index (χ1) is 7.25. The van der Waals surface area contributed by atoms with Crippen molar-refractivity contribution in [3.63, 3.8) is 0 Å².